The van der Waals surface area contributed by atoms with Gasteiger partial charge in [-0.25, -0.2) is 4.39 Å². The number of hydrogen-bond acceptors (Lipinski definition) is 4. The second-order valence-electron chi connectivity index (χ2n) is 6.16. The predicted octanol–water partition coefficient (Wildman–Crippen LogP) is 3.73. The van der Waals surface area contributed by atoms with Crippen molar-refractivity contribution in [2.45, 2.75) is 19.4 Å². The molecule has 1 amide bonds. The molecule has 0 atom stereocenters. The first-order valence-electron chi connectivity index (χ1n) is 8.34. The van der Waals surface area contributed by atoms with Crippen LogP contribution in [0.2, 0.25) is 0 Å². The highest BCUT2D eigenvalue weighted by molar-refractivity contribution is 9.10. The van der Waals surface area contributed by atoms with Crippen molar-refractivity contribution in [3.05, 3.63) is 46.8 Å². The van der Waals surface area contributed by atoms with Gasteiger partial charge >= 0.3 is 0 Å². The normalized spacial score (nSPS) is 14.2. The van der Waals surface area contributed by atoms with Crippen LogP contribution in [0.4, 0.5) is 4.39 Å². The van der Waals surface area contributed by atoms with Crippen molar-refractivity contribution in [1.82, 2.24) is 19.6 Å². The Labute approximate surface area is 157 Å². The standard InChI is InChI=1S/C18H16BrFN4O2/c19-13-10-12(5-6-14(13)20)17-21-18(26-22-17)15-4-3-9-24(15)11-16(25)23-7-1-2-8-23/h3-6,9-10H,1-2,7-8,11H2. The molecule has 134 valence electrons. The van der Waals surface area contributed by atoms with Gasteiger partial charge in [-0.15, -0.1) is 0 Å². The summed E-state index contributed by atoms with van der Waals surface area (Å²) in [7, 11) is 0. The van der Waals surface area contributed by atoms with Gasteiger partial charge in [0, 0.05) is 24.8 Å². The molecule has 0 bridgehead atoms. The van der Waals surface area contributed by atoms with E-state index in [1.54, 1.807) is 16.7 Å². The first-order valence-corrected chi connectivity index (χ1v) is 9.13. The highest BCUT2D eigenvalue weighted by atomic mass is 79.9. The van der Waals surface area contributed by atoms with Gasteiger partial charge in [0.15, 0.2) is 0 Å². The second kappa shape index (κ2) is 7.03. The summed E-state index contributed by atoms with van der Waals surface area (Å²) in [5.41, 5.74) is 1.32. The van der Waals surface area contributed by atoms with Crippen LogP contribution in [0.1, 0.15) is 12.8 Å². The fourth-order valence-electron chi connectivity index (χ4n) is 3.04. The number of halogens is 2. The fraction of sp³-hybridized carbons (Fsp3) is 0.278. The minimum absolute atomic E-state index is 0.0853. The number of carbonyl (C=O) groups excluding carboxylic acids is 1. The second-order valence-corrected chi connectivity index (χ2v) is 7.02. The largest absolute Gasteiger partial charge is 0.341 e. The summed E-state index contributed by atoms with van der Waals surface area (Å²) in [6, 6.07) is 8.19. The van der Waals surface area contributed by atoms with Gasteiger partial charge in [-0.3, -0.25) is 4.79 Å². The van der Waals surface area contributed by atoms with E-state index in [4.69, 9.17) is 4.52 Å². The molecule has 0 radical (unpaired) electrons. The van der Waals surface area contributed by atoms with Gasteiger partial charge in [0.2, 0.25) is 11.7 Å². The lowest BCUT2D eigenvalue weighted by Gasteiger charge is -2.16. The van der Waals surface area contributed by atoms with Crippen molar-refractivity contribution < 1.29 is 13.7 Å². The van der Waals surface area contributed by atoms with E-state index in [1.807, 2.05) is 23.2 Å². The minimum Gasteiger partial charge on any atom is -0.341 e. The summed E-state index contributed by atoms with van der Waals surface area (Å²) in [4.78, 5) is 18.7. The molecule has 3 aromatic rings. The first kappa shape index (κ1) is 17.0. The summed E-state index contributed by atoms with van der Waals surface area (Å²) in [5, 5.41) is 3.97. The highest BCUT2D eigenvalue weighted by Gasteiger charge is 2.20. The third kappa shape index (κ3) is 3.29. The van der Waals surface area contributed by atoms with Crippen LogP contribution < -0.4 is 0 Å². The highest BCUT2D eigenvalue weighted by Crippen LogP contribution is 2.26. The summed E-state index contributed by atoms with van der Waals surface area (Å²) in [6.07, 6.45) is 3.94. The Morgan fingerprint density at radius 3 is 2.85 bits per heavy atom. The molecule has 1 aliphatic rings. The fourth-order valence-corrected chi connectivity index (χ4v) is 3.42. The third-order valence-corrected chi connectivity index (χ3v) is 5.02. The van der Waals surface area contributed by atoms with Gasteiger partial charge in [0.1, 0.15) is 18.1 Å². The molecule has 0 aliphatic carbocycles. The lowest BCUT2D eigenvalue weighted by molar-refractivity contribution is -0.130. The van der Waals surface area contributed by atoms with Crippen molar-refractivity contribution in [3.8, 4) is 23.0 Å². The van der Waals surface area contributed by atoms with Crippen LogP contribution in [0.5, 0.6) is 0 Å². The van der Waals surface area contributed by atoms with Crippen molar-refractivity contribution in [1.29, 1.82) is 0 Å². The van der Waals surface area contributed by atoms with Gasteiger partial charge in [-0.1, -0.05) is 5.16 Å². The van der Waals surface area contributed by atoms with Crippen LogP contribution in [0.25, 0.3) is 23.0 Å². The number of aromatic nitrogens is 3. The average molecular weight is 419 g/mol. The minimum atomic E-state index is -0.355. The molecule has 3 heterocycles. The van der Waals surface area contributed by atoms with Gasteiger partial charge < -0.3 is 14.0 Å². The molecular formula is C18H16BrFN4O2. The number of hydrogen-bond donors (Lipinski definition) is 0. The molecule has 0 unspecified atom stereocenters. The van der Waals surface area contributed by atoms with E-state index in [0.29, 0.717) is 27.4 Å². The summed E-state index contributed by atoms with van der Waals surface area (Å²) >= 11 is 3.15. The molecule has 0 saturated carbocycles. The Morgan fingerprint density at radius 2 is 2.08 bits per heavy atom. The Bertz CT molecular complexity index is 946. The van der Waals surface area contributed by atoms with Crippen molar-refractivity contribution in [2.75, 3.05) is 13.1 Å². The molecule has 1 aliphatic heterocycles. The molecule has 2 aromatic heterocycles. The van der Waals surface area contributed by atoms with E-state index < -0.39 is 0 Å². The molecule has 1 fully saturated rings. The maximum absolute atomic E-state index is 13.4. The topological polar surface area (TPSA) is 64.2 Å². The summed E-state index contributed by atoms with van der Waals surface area (Å²) < 4.78 is 20.9. The number of nitrogens with zero attached hydrogens (tertiary/aromatic N) is 4. The maximum atomic E-state index is 13.4. The van der Waals surface area contributed by atoms with E-state index in [1.165, 1.54) is 6.07 Å². The molecule has 0 spiro atoms. The van der Waals surface area contributed by atoms with E-state index in [9.17, 15) is 9.18 Å². The zero-order chi connectivity index (χ0) is 18.1. The van der Waals surface area contributed by atoms with Crippen molar-refractivity contribution in [3.63, 3.8) is 0 Å². The molecule has 4 rings (SSSR count). The Hall–Kier alpha value is -2.48. The number of amides is 1. The lowest BCUT2D eigenvalue weighted by atomic mass is 10.2. The first-order chi connectivity index (χ1) is 12.6. The molecule has 26 heavy (non-hydrogen) atoms. The molecule has 0 N–H and O–H groups in total. The molecule has 1 aromatic carbocycles. The SMILES string of the molecule is O=C(Cn1cccc1-c1nc(-c2ccc(F)c(Br)c2)no1)N1CCCC1. The Kier molecular flexibility index (Phi) is 4.58. The Morgan fingerprint density at radius 1 is 1.27 bits per heavy atom. The van der Waals surface area contributed by atoms with Crippen LogP contribution in [0.15, 0.2) is 45.5 Å². The number of benzene rings is 1. The summed E-state index contributed by atoms with van der Waals surface area (Å²) in [6.45, 7) is 1.88. The quantitative estimate of drug-likeness (QED) is 0.647. The molecule has 8 heteroatoms. The predicted molar refractivity (Wildman–Crippen MR) is 96.6 cm³/mol. The molecular weight excluding hydrogens is 403 g/mol. The smallest absolute Gasteiger partial charge is 0.274 e. The molecule has 6 nitrogen and oxygen atoms in total. The van der Waals surface area contributed by atoms with Crippen LogP contribution in [-0.2, 0) is 11.3 Å². The summed E-state index contributed by atoms with van der Waals surface area (Å²) in [5.74, 6) is 0.410. The lowest BCUT2D eigenvalue weighted by Crippen LogP contribution is -2.31. The number of carbonyl (C=O) groups is 1. The van der Waals surface area contributed by atoms with E-state index in [0.717, 1.165) is 25.9 Å². The van der Waals surface area contributed by atoms with E-state index in [2.05, 4.69) is 26.1 Å². The van der Waals surface area contributed by atoms with E-state index in [-0.39, 0.29) is 18.3 Å². The van der Waals surface area contributed by atoms with Gasteiger partial charge in [0.05, 0.1) is 4.47 Å². The van der Waals surface area contributed by atoms with Crippen molar-refractivity contribution >= 4 is 21.8 Å². The van der Waals surface area contributed by atoms with Crippen LogP contribution in [-0.4, -0.2) is 38.6 Å². The monoisotopic (exact) mass is 418 g/mol. The number of likely N-dealkylation sites (tertiary alicyclic amines) is 1. The third-order valence-electron chi connectivity index (χ3n) is 4.42. The Balaban J connectivity index is 1.57. The van der Waals surface area contributed by atoms with Crippen LogP contribution in [0.3, 0.4) is 0 Å². The zero-order valence-corrected chi connectivity index (χ0v) is 15.4. The van der Waals surface area contributed by atoms with E-state index >= 15 is 0 Å². The maximum Gasteiger partial charge on any atom is 0.274 e. The van der Waals surface area contributed by atoms with Crippen LogP contribution >= 0.6 is 15.9 Å². The molecule has 1 saturated heterocycles. The average Bonchev–Trinajstić information content (AvgIpc) is 3.38. The van der Waals surface area contributed by atoms with Gasteiger partial charge in [-0.2, -0.15) is 4.98 Å². The number of rotatable bonds is 4. The van der Waals surface area contributed by atoms with Gasteiger partial charge in [-0.05, 0) is 59.1 Å². The van der Waals surface area contributed by atoms with Gasteiger partial charge in [0.25, 0.3) is 5.89 Å². The zero-order valence-electron chi connectivity index (χ0n) is 13.9. The van der Waals surface area contributed by atoms with Crippen LogP contribution in [0, 0.1) is 5.82 Å². The van der Waals surface area contributed by atoms with Crippen molar-refractivity contribution in [2.24, 2.45) is 0 Å².